The molecule has 1 fully saturated rings. The van der Waals surface area contributed by atoms with Gasteiger partial charge in [0.05, 0.1) is 25.8 Å². The third kappa shape index (κ3) is 6.20. The van der Waals surface area contributed by atoms with Crippen molar-refractivity contribution in [3.8, 4) is 11.5 Å². The first-order valence-electron chi connectivity index (χ1n) is 12.0. The Morgan fingerprint density at radius 1 is 0.941 bits per heavy atom. The number of carbonyl (C=O) groups is 2. The Kier molecular flexibility index (Phi) is 7.90. The van der Waals surface area contributed by atoms with Crippen LogP contribution in [0.3, 0.4) is 0 Å². The standard InChI is InChI=1S/C26H34N4O4/c1-19(2)25(20-9-10-22-23(17-20)34-16-6-15-33-22)28-24(31)18-29-11-13-30(14-12-29)26(32)27-21-7-4-3-5-8-21/h3-5,7-10,17,19,25H,6,11-16,18H2,1-2H3,(H,27,32)(H,28,31). The van der Waals surface area contributed by atoms with Gasteiger partial charge in [-0.3, -0.25) is 9.69 Å². The first kappa shape index (κ1) is 23.9. The Bertz CT molecular complexity index is 974. The van der Waals surface area contributed by atoms with Crippen molar-refractivity contribution < 1.29 is 19.1 Å². The zero-order valence-electron chi connectivity index (χ0n) is 20.0. The zero-order valence-corrected chi connectivity index (χ0v) is 20.0. The van der Waals surface area contributed by atoms with Gasteiger partial charge in [-0.1, -0.05) is 38.1 Å². The number of hydrogen-bond donors (Lipinski definition) is 2. The highest BCUT2D eigenvalue weighted by Gasteiger charge is 2.25. The normalized spacial score (nSPS) is 17.1. The van der Waals surface area contributed by atoms with E-state index in [-0.39, 0.29) is 23.9 Å². The summed E-state index contributed by atoms with van der Waals surface area (Å²) in [6.07, 6.45) is 0.857. The summed E-state index contributed by atoms with van der Waals surface area (Å²) in [6, 6.07) is 15.1. The summed E-state index contributed by atoms with van der Waals surface area (Å²) in [5.74, 6) is 1.68. The number of fused-ring (bicyclic) bond motifs is 1. The molecule has 0 aliphatic carbocycles. The summed E-state index contributed by atoms with van der Waals surface area (Å²) in [6.45, 7) is 8.27. The molecule has 1 unspecified atom stereocenters. The van der Waals surface area contributed by atoms with E-state index in [1.807, 2.05) is 48.5 Å². The van der Waals surface area contributed by atoms with Crippen molar-refractivity contribution in [3.05, 3.63) is 54.1 Å². The molecule has 0 saturated carbocycles. The molecule has 8 nitrogen and oxygen atoms in total. The second kappa shape index (κ2) is 11.2. The minimum absolute atomic E-state index is 0.0204. The van der Waals surface area contributed by atoms with Crippen molar-refractivity contribution >= 4 is 17.6 Å². The molecule has 4 rings (SSSR count). The van der Waals surface area contributed by atoms with Crippen LogP contribution in [-0.2, 0) is 4.79 Å². The maximum absolute atomic E-state index is 12.9. The van der Waals surface area contributed by atoms with Crippen molar-refractivity contribution in [1.82, 2.24) is 15.1 Å². The lowest BCUT2D eigenvalue weighted by Crippen LogP contribution is -2.52. The Morgan fingerprint density at radius 2 is 1.65 bits per heavy atom. The fraction of sp³-hybridized carbons (Fsp3) is 0.462. The Balaban J connectivity index is 1.29. The minimum Gasteiger partial charge on any atom is -0.490 e. The number of piperazine rings is 1. The summed E-state index contributed by atoms with van der Waals surface area (Å²) >= 11 is 0. The van der Waals surface area contributed by atoms with Crippen LogP contribution in [0.1, 0.15) is 31.9 Å². The summed E-state index contributed by atoms with van der Waals surface area (Å²) in [7, 11) is 0. The number of nitrogens with zero attached hydrogens (tertiary/aromatic N) is 2. The molecular formula is C26H34N4O4. The van der Waals surface area contributed by atoms with Gasteiger partial charge in [-0.2, -0.15) is 0 Å². The van der Waals surface area contributed by atoms with Crippen LogP contribution < -0.4 is 20.1 Å². The van der Waals surface area contributed by atoms with Gasteiger partial charge in [0.1, 0.15) is 0 Å². The van der Waals surface area contributed by atoms with Gasteiger partial charge in [0.25, 0.3) is 0 Å². The van der Waals surface area contributed by atoms with Crippen LogP contribution in [0.2, 0.25) is 0 Å². The predicted molar refractivity (Wildman–Crippen MR) is 131 cm³/mol. The number of amides is 3. The maximum Gasteiger partial charge on any atom is 0.321 e. The van der Waals surface area contributed by atoms with Crippen LogP contribution in [0.4, 0.5) is 10.5 Å². The molecule has 0 bridgehead atoms. The second-order valence-corrected chi connectivity index (χ2v) is 9.11. The first-order chi connectivity index (χ1) is 16.5. The van der Waals surface area contributed by atoms with E-state index in [0.29, 0.717) is 45.9 Å². The number of benzene rings is 2. The number of carbonyl (C=O) groups excluding carboxylic acids is 2. The lowest BCUT2D eigenvalue weighted by molar-refractivity contribution is -0.123. The fourth-order valence-electron chi connectivity index (χ4n) is 4.26. The molecule has 0 aromatic heterocycles. The minimum atomic E-state index is -0.123. The molecule has 2 aliphatic heterocycles. The number of rotatable bonds is 6. The highest BCUT2D eigenvalue weighted by Crippen LogP contribution is 2.34. The highest BCUT2D eigenvalue weighted by atomic mass is 16.5. The van der Waals surface area contributed by atoms with Gasteiger partial charge < -0.3 is 25.0 Å². The van der Waals surface area contributed by atoms with Gasteiger partial charge >= 0.3 is 6.03 Å². The number of nitrogens with one attached hydrogen (secondary N) is 2. The van der Waals surface area contributed by atoms with Crippen LogP contribution in [0, 0.1) is 5.92 Å². The van der Waals surface area contributed by atoms with E-state index in [1.165, 1.54) is 0 Å². The van der Waals surface area contributed by atoms with Crippen molar-refractivity contribution in [2.24, 2.45) is 5.92 Å². The van der Waals surface area contributed by atoms with Crippen LogP contribution in [0.5, 0.6) is 11.5 Å². The molecule has 1 atom stereocenters. The topological polar surface area (TPSA) is 83.1 Å². The molecule has 8 heteroatoms. The molecule has 182 valence electrons. The quantitative estimate of drug-likeness (QED) is 0.681. The van der Waals surface area contributed by atoms with E-state index in [0.717, 1.165) is 29.2 Å². The number of hydrogen-bond acceptors (Lipinski definition) is 5. The van der Waals surface area contributed by atoms with Crippen molar-refractivity contribution in [1.29, 1.82) is 0 Å². The summed E-state index contributed by atoms with van der Waals surface area (Å²) in [4.78, 5) is 29.3. The molecule has 1 saturated heterocycles. The van der Waals surface area contributed by atoms with Gasteiger partial charge in [-0.15, -0.1) is 0 Å². The molecule has 2 aliphatic rings. The SMILES string of the molecule is CC(C)C(NC(=O)CN1CCN(C(=O)Nc2ccccc2)CC1)c1ccc2c(c1)OCCCO2. The largest absolute Gasteiger partial charge is 0.490 e. The van der Waals surface area contributed by atoms with Gasteiger partial charge in [-0.25, -0.2) is 4.79 Å². The average molecular weight is 467 g/mol. The smallest absolute Gasteiger partial charge is 0.321 e. The van der Waals surface area contributed by atoms with E-state index < -0.39 is 0 Å². The number of para-hydroxylation sites is 1. The monoisotopic (exact) mass is 466 g/mol. The van der Waals surface area contributed by atoms with E-state index in [4.69, 9.17) is 9.47 Å². The lowest BCUT2D eigenvalue weighted by Gasteiger charge is -2.34. The van der Waals surface area contributed by atoms with Gasteiger partial charge in [0.2, 0.25) is 5.91 Å². The Hall–Kier alpha value is -3.26. The Morgan fingerprint density at radius 3 is 2.35 bits per heavy atom. The average Bonchev–Trinajstić information content (AvgIpc) is 3.08. The highest BCUT2D eigenvalue weighted by molar-refractivity contribution is 5.89. The third-order valence-electron chi connectivity index (χ3n) is 6.17. The third-order valence-corrected chi connectivity index (χ3v) is 6.17. The molecule has 2 N–H and O–H groups in total. The van der Waals surface area contributed by atoms with Crippen LogP contribution in [0.25, 0.3) is 0 Å². The van der Waals surface area contributed by atoms with E-state index in [2.05, 4.69) is 29.4 Å². The van der Waals surface area contributed by atoms with E-state index in [1.54, 1.807) is 4.90 Å². The first-order valence-corrected chi connectivity index (χ1v) is 12.0. The molecular weight excluding hydrogens is 432 g/mol. The van der Waals surface area contributed by atoms with Crippen LogP contribution in [0.15, 0.2) is 48.5 Å². The van der Waals surface area contributed by atoms with Gasteiger partial charge in [0, 0.05) is 38.3 Å². The Labute approximate surface area is 201 Å². The molecule has 3 amide bonds. The maximum atomic E-state index is 12.9. The molecule has 0 radical (unpaired) electrons. The molecule has 2 heterocycles. The predicted octanol–water partition coefficient (Wildman–Crippen LogP) is 3.51. The molecule has 34 heavy (non-hydrogen) atoms. The molecule has 2 aromatic carbocycles. The second-order valence-electron chi connectivity index (χ2n) is 9.11. The van der Waals surface area contributed by atoms with Crippen LogP contribution in [-0.4, -0.2) is 67.7 Å². The zero-order chi connectivity index (χ0) is 23.9. The number of urea groups is 1. The summed E-state index contributed by atoms with van der Waals surface area (Å²) < 4.78 is 11.6. The van der Waals surface area contributed by atoms with Crippen molar-refractivity contribution in [3.63, 3.8) is 0 Å². The summed E-state index contributed by atoms with van der Waals surface area (Å²) in [5, 5.41) is 6.12. The lowest BCUT2D eigenvalue weighted by atomic mass is 9.95. The molecule has 0 spiro atoms. The van der Waals surface area contributed by atoms with E-state index >= 15 is 0 Å². The van der Waals surface area contributed by atoms with Gasteiger partial charge in [-0.05, 0) is 35.7 Å². The van der Waals surface area contributed by atoms with Gasteiger partial charge in [0.15, 0.2) is 11.5 Å². The number of anilines is 1. The van der Waals surface area contributed by atoms with Crippen molar-refractivity contribution in [2.45, 2.75) is 26.3 Å². The van der Waals surface area contributed by atoms with E-state index in [9.17, 15) is 9.59 Å². The van der Waals surface area contributed by atoms with Crippen molar-refractivity contribution in [2.75, 3.05) is 51.3 Å². The summed E-state index contributed by atoms with van der Waals surface area (Å²) in [5.41, 5.74) is 1.79. The van der Waals surface area contributed by atoms with Crippen LogP contribution >= 0.6 is 0 Å². The fourth-order valence-corrected chi connectivity index (χ4v) is 4.26. The molecule has 2 aromatic rings. The number of ether oxygens (including phenoxy) is 2.